The average Bonchev–Trinajstić information content (AvgIpc) is 3.29. The summed E-state index contributed by atoms with van der Waals surface area (Å²) >= 11 is 0. The van der Waals surface area contributed by atoms with E-state index in [0.717, 1.165) is 48.9 Å². The maximum atomic E-state index is 5.76. The standard InChI is InChI=1S/C21H30N2O3/c1-5-11-25-19-9-8-16(12-21(19)24-4)14-23-10-6-7-18(23)20-13-17(15(2)3)22-26-20/h8-9,12-13,15,18H,5-7,10-11,14H2,1-4H3/t18-/m1/s1. The topological polar surface area (TPSA) is 47.7 Å². The van der Waals surface area contributed by atoms with Crippen molar-refractivity contribution >= 4 is 0 Å². The van der Waals surface area contributed by atoms with E-state index in [1.165, 1.54) is 12.0 Å². The largest absolute Gasteiger partial charge is 0.493 e. The first kappa shape index (κ1) is 18.8. The minimum absolute atomic E-state index is 0.303. The average molecular weight is 358 g/mol. The van der Waals surface area contributed by atoms with Crippen LogP contribution in [0.1, 0.15) is 69.0 Å². The Balaban J connectivity index is 1.72. The first-order chi connectivity index (χ1) is 12.6. The van der Waals surface area contributed by atoms with Crippen molar-refractivity contribution in [2.45, 2.75) is 58.5 Å². The Hall–Kier alpha value is -2.01. The molecule has 0 N–H and O–H groups in total. The third-order valence-electron chi connectivity index (χ3n) is 4.91. The molecule has 1 saturated heterocycles. The normalized spacial score (nSPS) is 17.8. The van der Waals surface area contributed by atoms with Gasteiger partial charge in [-0.15, -0.1) is 0 Å². The van der Waals surface area contributed by atoms with Crippen LogP contribution < -0.4 is 9.47 Å². The summed E-state index contributed by atoms with van der Waals surface area (Å²) < 4.78 is 16.9. The molecule has 0 spiro atoms. The van der Waals surface area contributed by atoms with Gasteiger partial charge in [-0.05, 0) is 49.4 Å². The Morgan fingerprint density at radius 3 is 2.81 bits per heavy atom. The third-order valence-corrected chi connectivity index (χ3v) is 4.91. The van der Waals surface area contributed by atoms with Gasteiger partial charge in [-0.1, -0.05) is 32.0 Å². The number of methoxy groups -OCH3 is 1. The molecule has 0 amide bonds. The van der Waals surface area contributed by atoms with E-state index in [4.69, 9.17) is 14.0 Å². The second kappa shape index (κ2) is 8.58. The molecular formula is C21H30N2O3. The predicted octanol–water partition coefficient (Wildman–Crippen LogP) is 4.93. The third kappa shape index (κ3) is 4.21. The molecule has 5 heteroatoms. The molecule has 0 saturated carbocycles. The monoisotopic (exact) mass is 358 g/mol. The molecule has 0 radical (unpaired) electrons. The highest BCUT2D eigenvalue weighted by Crippen LogP contribution is 2.35. The van der Waals surface area contributed by atoms with Crippen molar-refractivity contribution in [3.8, 4) is 11.5 Å². The quantitative estimate of drug-likeness (QED) is 0.669. The summed E-state index contributed by atoms with van der Waals surface area (Å²) in [6.45, 7) is 9.02. The Morgan fingerprint density at radius 1 is 1.27 bits per heavy atom. The van der Waals surface area contributed by atoms with Crippen molar-refractivity contribution < 1.29 is 14.0 Å². The number of ether oxygens (including phenoxy) is 2. The van der Waals surface area contributed by atoms with E-state index in [-0.39, 0.29) is 0 Å². The van der Waals surface area contributed by atoms with Gasteiger partial charge >= 0.3 is 0 Å². The van der Waals surface area contributed by atoms with Crippen LogP contribution in [0.4, 0.5) is 0 Å². The Bertz CT molecular complexity index is 711. The molecule has 1 aromatic carbocycles. The molecule has 1 aliphatic rings. The SMILES string of the molecule is CCCOc1ccc(CN2CCC[C@@H]2c2cc(C(C)C)no2)cc1OC. The van der Waals surface area contributed by atoms with E-state index in [2.05, 4.69) is 49.0 Å². The molecule has 26 heavy (non-hydrogen) atoms. The number of likely N-dealkylation sites (tertiary alicyclic amines) is 1. The lowest BCUT2D eigenvalue weighted by molar-refractivity contribution is 0.206. The molecule has 1 fully saturated rings. The molecule has 3 rings (SSSR count). The molecule has 0 bridgehead atoms. The predicted molar refractivity (Wildman–Crippen MR) is 102 cm³/mol. The van der Waals surface area contributed by atoms with E-state index in [1.54, 1.807) is 7.11 Å². The Kier molecular flexibility index (Phi) is 6.20. The minimum Gasteiger partial charge on any atom is -0.493 e. The lowest BCUT2D eigenvalue weighted by Gasteiger charge is -2.23. The molecule has 5 nitrogen and oxygen atoms in total. The number of hydrogen-bond acceptors (Lipinski definition) is 5. The van der Waals surface area contributed by atoms with Crippen LogP contribution in [0, 0.1) is 0 Å². The lowest BCUT2D eigenvalue weighted by atomic mass is 10.1. The molecule has 2 heterocycles. The minimum atomic E-state index is 0.303. The van der Waals surface area contributed by atoms with Gasteiger partial charge in [0.1, 0.15) is 0 Å². The van der Waals surface area contributed by atoms with E-state index in [1.807, 2.05) is 6.07 Å². The van der Waals surface area contributed by atoms with Gasteiger partial charge in [-0.25, -0.2) is 0 Å². The van der Waals surface area contributed by atoms with E-state index < -0.39 is 0 Å². The highest BCUT2D eigenvalue weighted by molar-refractivity contribution is 5.43. The van der Waals surface area contributed by atoms with Gasteiger partial charge in [0.25, 0.3) is 0 Å². The van der Waals surface area contributed by atoms with Gasteiger partial charge in [-0.2, -0.15) is 0 Å². The van der Waals surface area contributed by atoms with E-state index in [9.17, 15) is 0 Å². The van der Waals surface area contributed by atoms with Crippen molar-refractivity contribution in [1.82, 2.24) is 10.1 Å². The summed E-state index contributed by atoms with van der Waals surface area (Å²) in [7, 11) is 1.69. The summed E-state index contributed by atoms with van der Waals surface area (Å²) in [4.78, 5) is 2.46. The van der Waals surface area contributed by atoms with Gasteiger partial charge in [0.15, 0.2) is 17.3 Å². The molecule has 2 aromatic rings. The maximum absolute atomic E-state index is 5.76. The van der Waals surface area contributed by atoms with Gasteiger partial charge in [0.2, 0.25) is 0 Å². The van der Waals surface area contributed by atoms with Gasteiger partial charge in [0, 0.05) is 12.6 Å². The fourth-order valence-electron chi connectivity index (χ4n) is 3.45. The number of rotatable bonds is 8. The van der Waals surface area contributed by atoms with E-state index >= 15 is 0 Å². The molecule has 142 valence electrons. The first-order valence-corrected chi connectivity index (χ1v) is 9.62. The Labute approximate surface area is 156 Å². The van der Waals surface area contributed by atoms with Crippen LogP contribution in [0.25, 0.3) is 0 Å². The van der Waals surface area contributed by atoms with Crippen molar-refractivity contribution in [3.05, 3.63) is 41.3 Å². The highest BCUT2D eigenvalue weighted by Gasteiger charge is 2.29. The lowest BCUT2D eigenvalue weighted by Crippen LogP contribution is -2.22. The summed E-state index contributed by atoms with van der Waals surface area (Å²) in [6, 6.07) is 8.65. The van der Waals surface area contributed by atoms with Crippen LogP contribution >= 0.6 is 0 Å². The fourth-order valence-corrected chi connectivity index (χ4v) is 3.45. The zero-order valence-corrected chi connectivity index (χ0v) is 16.3. The van der Waals surface area contributed by atoms with Gasteiger partial charge in [-0.3, -0.25) is 4.90 Å². The zero-order valence-electron chi connectivity index (χ0n) is 16.3. The summed E-state index contributed by atoms with van der Waals surface area (Å²) in [6.07, 6.45) is 3.27. The molecule has 0 unspecified atom stereocenters. The number of nitrogens with zero attached hydrogens (tertiary/aromatic N) is 2. The molecule has 0 aliphatic carbocycles. The van der Waals surface area contributed by atoms with E-state index in [0.29, 0.717) is 18.6 Å². The maximum Gasteiger partial charge on any atom is 0.161 e. The summed E-state index contributed by atoms with van der Waals surface area (Å²) in [5.41, 5.74) is 2.26. The molecule has 1 aliphatic heterocycles. The number of benzene rings is 1. The van der Waals surface area contributed by atoms with Crippen molar-refractivity contribution in [1.29, 1.82) is 0 Å². The molecule has 1 atom stereocenters. The van der Waals surface area contributed by atoms with Crippen molar-refractivity contribution in [3.63, 3.8) is 0 Å². The molecule has 1 aromatic heterocycles. The second-order valence-electron chi connectivity index (χ2n) is 7.27. The van der Waals surface area contributed by atoms with Crippen LogP contribution in [0.15, 0.2) is 28.8 Å². The highest BCUT2D eigenvalue weighted by atomic mass is 16.5. The summed E-state index contributed by atoms with van der Waals surface area (Å²) in [5.74, 6) is 2.99. The summed E-state index contributed by atoms with van der Waals surface area (Å²) in [5, 5.41) is 4.23. The van der Waals surface area contributed by atoms with Crippen molar-refractivity contribution in [2.75, 3.05) is 20.3 Å². The number of hydrogen-bond donors (Lipinski definition) is 0. The van der Waals surface area contributed by atoms with Crippen LogP contribution in [0.3, 0.4) is 0 Å². The smallest absolute Gasteiger partial charge is 0.161 e. The van der Waals surface area contributed by atoms with Crippen LogP contribution in [-0.4, -0.2) is 30.3 Å². The van der Waals surface area contributed by atoms with Crippen LogP contribution in [0.2, 0.25) is 0 Å². The zero-order chi connectivity index (χ0) is 18.5. The van der Waals surface area contributed by atoms with Crippen LogP contribution in [0.5, 0.6) is 11.5 Å². The Morgan fingerprint density at radius 2 is 2.12 bits per heavy atom. The van der Waals surface area contributed by atoms with Gasteiger partial charge in [0.05, 0.1) is 25.5 Å². The fraction of sp³-hybridized carbons (Fsp3) is 0.571. The number of aromatic nitrogens is 1. The van der Waals surface area contributed by atoms with Crippen LogP contribution in [-0.2, 0) is 6.54 Å². The van der Waals surface area contributed by atoms with Crippen molar-refractivity contribution in [2.24, 2.45) is 0 Å². The second-order valence-corrected chi connectivity index (χ2v) is 7.27. The van der Waals surface area contributed by atoms with Gasteiger partial charge < -0.3 is 14.0 Å². The first-order valence-electron chi connectivity index (χ1n) is 9.62. The molecular weight excluding hydrogens is 328 g/mol.